The van der Waals surface area contributed by atoms with Crippen LogP contribution in [0.4, 0.5) is 0 Å². The van der Waals surface area contributed by atoms with E-state index in [2.05, 4.69) is 10.0 Å². The van der Waals surface area contributed by atoms with E-state index in [4.69, 9.17) is 4.74 Å². The van der Waals surface area contributed by atoms with Crippen LogP contribution >= 0.6 is 0 Å². The number of nitrogens with one attached hydrogen (secondary N) is 2. The molecule has 0 amide bonds. The van der Waals surface area contributed by atoms with Crippen molar-refractivity contribution in [3.8, 4) is 0 Å². The van der Waals surface area contributed by atoms with Gasteiger partial charge in [0.05, 0.1) is 11.0 Å². The third kappa shape index (κ3) is 4.02. The monoisotopic (exact) mass is 298 g/mol. The Kier molecular flexibility index (Phi) is 5.54. The van der Waals surface area contributed by atoms with Crippen LogP contribution in [0, 0.1) is 0 Å². The van der Waals surface area contributed by atoms with Gasteiger partial charge in [0, 0.05) is 19.7 Å². The van der Waals surface area contributed by atoms with E-state index in [0.29, 0.717) is 18.0 Å². The van der Waals surface area contributed by atoms with Gasteiger partial charge in [-0.05, 0) is 37.9 Å². The van der Waals surface area contributed by atoms with Gasteiger partial charge in [0.15, 0.2) is 0 Å². The number of ether oxygens (including phenoxy) is 1. The van der Waals surface area contributed by atoms with Gasteiger partial charge in [-0.1, -0.05) is 18.2 Å². The first-order valence-corrected chi connectivity index (χ1v) is 8.45. The summed E-state index contributed by atoms with van der Waals surface area (Å²) in [4.78, 5) is 0.338. The SMILES string of the molecule is CNCc1ccccc1S(=O)(=O)NCC1CCCCO1. The second-order valence-electron chi connectivity index (χ2n) is 4.98. The van der Waals surface area contributed by atoms with Crippen LogP contribution in [0.3, 0.4) is 0 Å². The lowest BCUT2D eigenvalue weighted by Gasteiger charge is -2.23. The molecule has 5 nitrogen and oxygen atoms in total. The highest BCUT2D eigenvalue weighted by atomic mass is 32.2. The second-order valence-corrected chi connectivity index (χ2v) is 6.71. The van der Waals surface area contributed by atoms with Crippen LogP contribution < -0.4 is 10.0 Å². The van der Waals surface area contributed by atoms with E-state index in [-0.39, 0.29) is 6.10 Å². The fourth-order valence-electron chi connectivity index (χ4n) is 2.35. The average Bonchev–Trinajstić information content (AvgIpc) is 2.47. The molecular formula is C14H22N2O3S. The molecule has 2 N–H and O–H groups in total. The minimum atomic E-state index is -3.48. The summed E-state index contributed by atoms with van der Waals surface area (Å²) < 4.78 is 33.0. The summed E-state index contributed by atoms with van der Waals surface area (Å²) in [6.45, 7) is 1.59. The number of hydrogen-bond donors (Lipinski definition) is 2. The Hall–Kier alpha value is -0.950. The second kappa shape index (κ2) is 7.17. The summed E-state index contributed by atoms with van der Waals surface area (Å²) in [5.41, 5.74) is 0.770. The highest BCUT2D eigenvalue weighted by molar-refractivity contribution is 7.89. The van der Waals surface area contributed by atoms with Crippen LogP contribution in [0.1, 0.15) is 24.8 Å². The Morgan fingerprint density at radius 2 is 2.10 bits per heavy atom. The minimum absolute atomic E-state index is 0.00464. The molecule has 1 aromatic carbocycles. The first kappa shape index (κ1) is 15.4. The highest BCUT2D eigenvalue weighted by Crippen LogP contribution is 2.16. The van der Waals surface area contributed by atoms with Crippen molar-refractivity contribution in [2.24, 2.45) is 0 Å². The van der Waals surface area contributed by atoms with Gasteiger partial charge in [-0.2, -0.15) is 0 Å². The minimum Gasteiger partial charge on any atom is -0.377 e. The zero-order valence-electron chi connectivity index (χ0n) is 11.8. The number of rotatable bonds is 6. The number of hydrogen-bond acceptors (Lipinski definition) is 4. The normalized spacial score (nSPS) is 19.9. The molecule has 0 aromatic heterocycles. The van der Waals surface area contributed by atoms with Crippen molar-refractivity contribution in [2.45, 2.75) is 36.8 Å². The van der Waals surface area contributed by atoms with Crippen LogP contribution in [0.5, 0.6) is 0 Å². The molecule has 1 heterocycles. The van der Waals surface area contributed by atoms with Crippen molar-refractivity contribution in [1.82, 2.24) is 10.0 Å². The van der Waals surface area contributed by atoms with E-state index in [1.54, 1.807) is 19.2 Å². The van der Waals surface area contributed by atoms with Crippen LogP contribution in [0.25, 0.3) is 0 Å². The molecular weight excluding hydrogens is 276 g/mol. The van der Waals surface area contributed by atoms with Gasteiger partial charge in [-0.25, -0.2) is 13.1 Å². The summed E-state index contributed by atoms with van der Waals surface area (Å²) in [5.74, 6) is 0. The topological polar surface area (TPSA) is 67.4 Å². The molecule has 0 bridgehead atoms. The van der Waals surface area contributed by atoms with Gasteiger partial charge in [0.2, 0.25) is 10.0 Å². The van der Waals surface area contributed by atoms with E-state index < -0.39 is 10.0 Å². The molecule has 1 unspecified atom stereocenters. The van der Waals surface area contributed by atoms with Gasteiger partial charge in [0.25, 0.3) is 0 Å². The molecule has 6 heteroatoms. The van der Waals surface area contributed by atoms with Crippen molar-refractivity contribution < 1.29 is 13.2 Å². The maximum Gasteiger partial charge on any atom is 0.240 e. The van der Waals surface area contributed by atoms with Crippen LogP contribution in [-0.4, -0.2) is 34.7 Å². The third-order valence-electron chi connectivity index (χ3n) is 3.40. The maximum atomic E-state index is 12.4. The highest BCUT2D eigenvalue weighted by Gasteiger charge is 2.21. The Bertz CT molecular complexity index is 525. The molecule has 112 valence electrons. The van der Waals surface area contributed by atoms with Crippen LogP contribution in [-0.2, 0) is 21.3 Å². The van der Waals surface area contributed by atoms with Crippen molar-refractivity contribution in [3.05, 3.63) is 29.8 Å². The molecule has 0 spiro atoms. The Labute approximate surface area is 120 Å². The lowest BCUT2D eigenvalue weighted by atomic mass is 10.1. The Morgan fingerprint density at radius 3 is 2.80 bits per heavy atom. The summed E-state index contributed by atoms with van der Waals surface area (Å²) in [6, 6.07) is 7.04. The van der Waals surface area contributed by atoms with Crippen LogP contribution in [0.15, 0.2) is 29.2 Å². The predicted octanol–water partition coefficient (Wildman–Crippen LogP) is 1.25. The molecule has 1 saturated heterocycles. The average molecular weight is 298 g/mol. The van der Waals surface area contributed by atoms with Crippen molar-refractivity contribution in [3.63, 3.8) is 0 Å². The fourth-order valence-corrected chi connectivity index (χ4v) is 3.66. The molecule has 0 saturated carbocycles. The summed E-state index contributed by atoms with van der Waals surface area (Å²) in [5, 5.41) is 2.99. The largest absolute Gasteiger partial charge is 0.377 e. The molecule has 1 atom stereocenters. The molecule has 20 heavy (non-hydrogen) atoms. The van der Waals surface area contributed by atoms with E-state index in [1.165, 1.54) is 0 Å². The van der Waals surface area contributed by atoms with Crippen molar-refractivity contribution in [1.29, 1.82) is 0 Å². The number of sulfonamides is 1. The molecule has 2 rings (SSSR count). The third-order valence-corrected chi connectivity index (χ3v) is 4.93. The van der Waals surface area contributed by atoms with Gasteiger partial charge >= 0.3 is 0 Å². The standard InChI is InChI=1S/C14H22N2O3S/c1-15-10-12-6-2-3-8-14(12)20(17,18)16-11-13-7-4-5-9-19-13/h2-3,6,8,13,15-16H,4-5,7,9-11H2,1H3. The summed E-state index contributed by atoms with van der Waals surface area (Å²) >= 11 is 0. The van der Waals surface area contributed by atoms with Crippen molar-refractivity contribution in [2.75, 3.05) is 20.2 Å². The van der Waals surface area contributed by atoms with E-state index in [1.807, 2.05) is 12.1 Å². The van der Waals surface area contributed by atoms with E-state index in [9.17, 15) is 8.42 Å². The van der Waals surface area contributed by atoms with E-state index in [0.717, 1.165) is 31.4 Å². The Morgan fingerprint density at radius 1 is 1.30 bits per heavy atom. The van der Waals surface area contributed by atoms with Gasteiger partial charge in [-0.15, -0.1) is 0 Å². The lowest BCUT2D eigenvalue weighted by Crippen LogP contribution is -2.35. The fraction of sp³-hybridized carbons (Fsp3) is 0.571. The summed E-state index contributed by atoms with van der Waals surface area (Å²) in [6.07, 6.45) is 3.08. The first-order valence-electron chi connectivity index (χ1n) is 6.97. The van der Waals surface area contributed by atoms with Gasteiger partial charge in [0.1, 0.15) is 0 Å². The first-order chi connectivity index (χ1) is 9.63. The lowest BCUT2D eigenvalue weighted by molar-refractivity contribution is 0.0200. The molecule has 0 radical (unpaired) electrons. The summed E-state index contributed by atoms with van der Waals surface area (Å²) in [7, 11) is -1.68. The molecule has 0 aliphatic carbocycles. The number of benzene rings is 1. The molecule has 1 aliphatic heterocycles. The molecule has 1 aromatic rings. The van der Waals surface area contributed by atoms with Crippen molar-refractivity contribution >= 4 is 10.0 Å². The van der Waals surface area contributed by atoms with Crippen LogP contribution in [0.2, 0.25) is 0 Å². The maximum absolute atomic E-state index is 12.4. The molecule has 1 fully saturated rings. The van der Waals surface area contributed by atoms with Gasteiger partial charge < -0.3 is 10.1 Å². The zero-order chi connectivity index (χ0) is 14.4. The van der Waals surface area contributed by atoms with E-state index >= 15 is 0 Å². The molecule has 1 aliphatic rings. The smallest absolute Gasteiger partial charge is 0.240 e. The zero-order valence-corrected chi connectivity index (χ0v) is 12.6. The van der Waals surface area contributed by atoms with Gasteiger partial charge in [-0.3, -0.25) is 0 Å². The predicted molar refractivity (Wildman–Crippen MR) is 78.0 cm³/mol. The quantitative estimate of drug-likeness (QED) is 0.829. The Balaban J connectivity index is 2.05.